The van der Waals surface area contributed by atoms with E-state index in [4.69, 9.17) is 0 Å². The Balaban J connectivity index is 1.34. The van der Waals surface area contributed by atoms with Crippen LogP contribution in [0.5, 0.6) is 0 Å². The highest BCUT2D eigenvalue weighted by Crippen LogP contribution is 2.66. The topological polar surface area (TPSA) is 50.1 Å². The Kier molecular flexibility index (Phi) is 3.79. The van der Waals surface area contributed by atoms with Crippen LogP contribution >= 0.6 is 0 Å². The second kappa shape index (κ2) is 6.10. The van der Waals surface area contributed by atoms with Crippen LogP contribution in [-0.4, -0.2) is 21.0 Å². The van der Waals surface area contributed by atoms with Crippen molar-refractivity contribution in [2.24, 2.45) is 28.6 Å². The van der Waals surface area contributed by atoms with Gasteiger partial charge in [0.25, 0.3) is 0 Å². The predicted molar refractivity (Wildman–Crippen MR) is 115 cm³/mol. The number of hydrogen-bond donors (Lipinski definition) is 2. The van der Waals surface area contributed by atoms with Crippen LogP contribution in [0, 0.1) is 28.6 Å². The Labute approximate surface area is 173 Å². The number of rotatable bonds is 1. The number of nitrogens with zero attached hydrogens (tertiary/aromatic N) is 2. The van der Waals surface area contributed by atoms with Gasteiger partial charge in [-0.05, 0) is 85.2 Å². The molecule has 2 fully saturated rings. The molecule has 1 aliphatic heterocycles. The van der Waals surface area contributed by atoms with Crippen molar-refractivity contribution in [2.75, 3.05) is 0 Å². The average Bonchev–Trinajstić information content (AvgIpc) is 3.29. The van der Waals surface area contributed by atoms with Crippen molar-refractivity contribution in [2.45, 2.75) is 71.6 Å². The van der Waals surface area contributed by atoms with Crippen molar-refractivity contribution in [1.29, 1.82) is 0 Å². The number of aromatic nitrogens is 2. The minimum absolute atomic E-state index is 0.115. The molecule has 0 bridgehead atoms. The van der Waals surface area contributed by atoms with Gasteiger partial charge in [-0.1, -0.05) is 31.6 Å². The Morgan fingerprint density at radius 2 is 1.97 bits per heavy atom. The molecule has 1 aromatic heterocycles. The van der Waals surface area contributed by atoms with E-state index in [1.165, 1.54) is 43.4 Å². The Morgan fingerprint density at radius 1 is 1.10 bits per heavy atom. The summed E-state index contributed by atoms with van der Waals surface area (Å²) in [7, 11) is 0. The normalized spacial score (nSPS) is 42.7. The fourth-order valence-electron chi connectivity index (χ4n) is 7.81. The molecule has 0 aromatic carbocycles. The molecule has 2 heterocycles. The molecule has 0 spiro atoms. The maximum Gasteiger partial charge on any atom is 0.109 e. The van der Waals surface area contributed by atoms with E-state index in [0.29, 0.717) is 5.41 Å². The summed E-state index contributed by atoms with van der Waals surface area (Å²) in [6.45, 7) is 5.81. The molecular formula is C25H33N3O. The van der Waals surface area contributed by atoms with Crippen molar-refractivity contribution in [3.63, 3.8) is 0 Å². The zero-order valence-corrected chi connectivity index (χ0v) is 17.7. The summed E-state index contributed by atoms with van der Waals surface area (Å²) in [5.41, 5.74) is 6.31. The average molecular weight is 392 g/mol. The van der Waals surface area contributed by atoms with E-state index in [1.54, 1.807) is 11.1 Å². The van der Waals surface area contributed by atoms with E-state index in [-0.39, 0.29) is 11.5 Å². The molecule has 6 atom stereocenters. The van der Waals surface area contributed by atoms with E-state index in [1.807, 2.05) is 0 Å². The molecular weight excluding hydrogens is 358 g/mol. The van der Waals surface area contributed by atoms with Crippen molar-refractivity contribution in [1.82, 2.24) is 15.1 Å². The van der Waals surface area contributed by atoms with Gasteiger partial charge in [0.2, 0.25) is 0 Å². The van der Waals surface area contributed by atoms with Crippen molar-refractivity contribution in [3.8, 4) is 0 Å². The van der Waals surface area contributed by atoms with Gasteiger partial charge in [-0.25, -0.2) is 4.68 Å². The molecule has 4 aliphatic carbocycles. The summed E-state index contributed by atoms with van der Waals surface area (Å²) in [6, 6.07) is 0. The Hall–Kier alpha value is -1.81. The smallest absolute Gasteiger partial charge is 0.109 e. The zero-order chi connectivity index (χ0) is 19.8. The third-order valence-corrected chi connectivity index (χ3v) is 9.43. The molecule has 0 amide bonds. The quantitative estimate of drug-likeness (QED) is 0.681. The number of aliphatic hydroxyl groups is 1. The highest BCUT2D eigenvalue weighted by Gasteiger charge is 2.57. The maximum absolute atomic E-state index is 10.2. The minimum Gasteiger partial charge on any atom is -0.393 e. The van der Waals surface area contributed by atoms with Gasteiger partial charge < -0.3 is 10.4 Å². The Bertz CT molecular complexity index is 940. The third kappa shape index (κ3) is 2.38. The molecule has 2 saturated carbocycles. The fraction of sp³-hybridized carbons (Fsp3) is 0.640. The zero-order valence-electron chi connectivity index (χ0n) is 17.7. The summed E-state index contributed by atoms with van der Waals surface area (Å²) in [5.74, 6) is 2.29. The van der Waals surface area contributed by atoms with Gasteiger partial charge in [-0.2, -0.15) is 5.10 Å². The van der Waals surface area contributed by atoms with Crippen LogP contribution in [0.2, 0.25) is 0 Å². The lowest BCUT2D eigenvalue weighted by Crippen LogP contribution is -2.49. The van der Waals surface area contributed by atoms with Crippen LogP contribution < -0.4 is 5.32 Å². The van der Waals surface area contributed by atoms with Crippen molar-refractivity contribution in [3.05, 3.63) is 41.4 Å². The van der Waals surface area contributed by atoms with E-state index in [2.05, 4.69) is 59.6 Å². The fourth-order valence-corrected chi connectivity index (χ4v) is 7.81. The predicted octanol–water partition coefficient (Wildman–Crippen LogP) is 4.73. The highest BCUT2D eigenvalue weighted by molar-refractivity contribution is 5.78. The second-order valence-electron chi connectivity index (χ2n) is 10.6. The van der Waals surface area contributed by atoms with Gasteiger partial charge >= 0.3 is 0 Å². The lowest BCUT2D eigenvalue weighted by Gasteiger charge is -2.57. The third-order valence-electron chi connectivity index (χ3n) is 9.43. The van der Waals surface area contributed by atoms with Crippen LogP contribution in [0.15, 0.2) is 30.1 Å². The van der Waals surface area contributed by atoms with Gasteiger partial charge in [-0.15, -0.1) is 0 Å². The number of hydrogen-bond acceptors (Lipinski definition) is 3. The number of aliphatic hydroxyl groups excluding tert-OH is 1. The van der Waals surface area contributed by atoms with Gasteiger partial charge in [0, 0.05) is 11.8 Å². The van der Waals surface area contributed by atoms with E-state index < -0.39 is 0 Å². The summed E-state index contributed by atoms with van der Waals surface area (Å²) >= 11 is 0. The molecule has 154 valence electrons. The molecule has 1 aromatic rings. The Morgan fingerprint density at radius 3 is 2.86 bits per heavy atom. The highest BCUT2D eigenvalue weighted by atomic mass is 16.3. The SMILES string of the molecule is C[C@]12CC[C@H](O)CC1=CCC1C2CC[C@]2(C)C(c3cnn4c3C=CNC4)=CCC12. The summed E-state index contributed by atoms with van der Waals surface area (Å²) < 4.78 is 2.09. The summed E-state index contributed by atoms with van der Waals surface area (Å²) in [4.78, 5) is 0. The van der Waals surface area contributed by atoms with E-state index >= 15 is 0 Å². The molecule has 2 N–H and O–H groups in total. The largest absolute Gasteiger partial charge is 0.393 e. The monoisotopic (exact) mass is 391 g/mol. The van der Waals surface area contributed by atoms with Crippen molar-refractivity contribution < 1.29 is 5.11 Å². The minimum atomic E-state index is -0.115. The van der Waals surface area contributed by atoms with Gasteiger partial charge in [0.1, 0.15) is 6.67 Å². The molecule has 0 radical (unpaired) electrons. The van der Waals surface area contributed by atoms with Crippen LogP contribution in [-0.2, 0) is 6.67 Å². The lowest BCUT2D eigenvalue weighted by molar-refractivity contribution is -0.0238. The first-order valence-electron chi connectivity index (χ1n) is 11.5. The maximum atomic E-state index is 10.2. The van der Waals surface area contributed by atoms with Crippen LogP contribution in [0.3, 0.4) is 0 Å². The van der Waals surface area contributed by atoms with Gasteiger partial charge in [0.15, 0.2) is 0 Å². The van der Waals surface area contributed by atoms with Crippen LogP contribution in [0.1, 0.15) is 70.1 Å². The number of fused-ring (bicyclic) bond motifs is 6. The number of allylic oxidation sites excluding steroid dienone is 3. The summed E-state index contributed by atoms with van der Waals surface area (Å²) in [6.07, 6.45) is 19.4. The summed E-state index contributed by atoms with van der Waals surface area (Å²) in [5, 5.41) is 18.1. The second-order valence-corrected chi connectivity index (χ2v) is 10.6. The molecule has 6 rings (SSSR count). The molecule has 29 heavy (non-hydrogen) atoms. The van der Waals surface area contributed by atoms with E-state index in [0.717, 1.165) is 37.3 Å². The standard InChI is InChI=1S/C25H33N3O/c1-24-10-7-17(29)13-16(24)3-4-18-20-5-6-21(25(20,2)11-8-22(18)24)19-14-27-28-15-26-12-9-23(19)28/h3,6,9,12,14,17-18,20,22,26,29H,4-5,7-8,10-11,13,15H2,1-2H3/t17-,18?,20?,22?,24-,25-/m0/s1. The molecule has 4 nitrogen and oxygen atoms in total. The van der Waals surface area contributed by atoms with Crippen LogP contribution in [0.4, 0.5) is 0 Å². The number of nitrogens with one attached hydrogen (secondary N) is 1. The van der Waals surface area contributed by atoms with Gasteiger partial charge in [0.05, 0.1) is 18.0 Å². The van der Waals surface area contributed by atoms with Crippen LogP contribution in [0.25, 0.3) is 11.6 Å². The molecule has 3 unspecified atom stereocenters. The van der Waals surface area contributed by atoms with E-state index in [9.17, 15) is 5.11 Å². The molecule has 0 saturated heterocycles. The molecule has 4 heteroatoms. The lowest BCUT2D eigenvalue weighted by atomic mass is 9.47. The first-order valence-corrected chi connectivity index (χ1v) is 11.5. The molecule has 5 aliphatic rings. The van der Waals surface area contributed by atoms with Gasteiger partial charge in [-0.3, -0.25) is 0 Å². The first kappa shape index (κ1) is 18.0. The van der Waals surface area contributed by atoms with Crippen molar-refractivity contribution >= 4 is 11.6 Å². The first-order chi connectivity index (χ1) is 14.0.